The molecular weight excluding hydrogens is 322 g/mol. The van der Waals surface area contributed by atoms with Crippen molar-refractivity contribution in [1.29, 1.82) is 0 Å². The summed E-state index contributed by atoms with van der Waals surface area (Å²) in [6.45, 7) is 4.26. The number of ether oxygens (including phenoxy) is 1. The molecule has 0 saturated carbocycles. The summed E-state index contributed by atoms with van der Waals surface area (Å²) in [5, 5.41) is 0. The van der Waals surface area contributed by atoms with Crippen LogP contribution in [0.4, 0.5) is 5.69 Å². The lowest BCUT2D eigenvalue weighted by Crippen LogP contribution is -2.38. The van der Waals surface area contributed by atoms with E-state index in [0.29, 0.717) is 49.6 Å². The highest BCUT2D eigenvalue weighted by atomic mass is 16.5. The molecule has 134 valence electrons. The predicted molar refractivity (Wildman–Crippen MR) is 92.7 cm³/mol. The first kappa shape index (κ1) is 17.3. The molecule has 0 aliphatic carbocycles. The van der Waals surface area contributed by atoms with Crippen molar-refractivity contribution in [3.05, 3.63) is 23.8 Å². The van der Waals surface area contributed by atoms with E-state index in [2.05, 4.69) is 0 Å². The van der Waals surface area contributed by atoms with Crippen LogP contribution in [0.1, 0.15) is 30.1 Å². The van der Waals surface area contributed by atoms with Gasteiger partial charge in [-0.05, 0) is 24.6 Å². The fourth-order valence-corrected chi connectivity index (χ4v) is 3.18. The second-order valence-electron chi connectivity index (χ2n) is 6.30. The van der Waals surface area contributed by atoms with Crippen LogP contribution in [0, 0.1) is 0 Å². The maximum atomic E-state index is 12.9. The summed E-state index contributed by atoms with van der Waals surface area (Å²) < 4.78 is 5.40. The lowest BCUT2D eigenvalue weighted by molar-refractivity contribution is -0.130. The van der Waals surface area contributed by atoms with Gasteiger partial charge in [0.2, 0.25) is 5.91 Å². The zero-order chi connectivity index (χ0) is 18.0. The van der Waals surface area contributed by atoms with Gasteiger partial charge in [-0.25, -0.2) is 0 Å². The Labute approximate surface area is 147 Å². The average Bonchev–Trinajstić information content (AvgIpc) is 2.89. The lowest BCUT2D eigenvalue weighted by Gasteiger charge is -2.27. The number of likely N-dealkylation sites (N-methyl/N-ethyl adjacent to an activating group) is 1. The summed E-state index contributed by atoms with van der Waals surface area (Å²) in [6, 6.07) is 5.16. The largest absolute Gasteiger partial charge is 0.482 e. The predicted octanol–water partition coefficient (Wildman–Crippen LogP) is 1.13. The molecule has 0 bridgehead atoms. The van der Waals surface area contributed by atoms with Gasteiger partial charge in [0.1, 0.15) is 5.75 Å². The van der Waals surface area contributed by atoms with Crippen LogP contribution in [-0.4, -0.2) is 67.4 Å². The van der Waals surface area contributed by atoms with Crippen molar-refractivity contribution in [1.82, 2.24) is 9.80 Å². The van der Waals surface area contributed by atoms with Crippen LogP contribution >= 0.6 is 0 Å². The van der Waals surface area contributed by atoms with Gasteiger partial charge in [0, 0.05) is 45.2 Å². The molecule has 0 unspecified atom stereocenters. The molecule has 3 rings (SSSR count). The third-order valence-electron chi connectivity index (χ3n) is 4.73. The number of carbonyl (C=O) groups excluding carboxylic acids is 3. The van der Waals surface area contributed by atoms with Crippen molar-refractivity contribution in [2.45, 2.75) is 19.8 Å². The number of fused-ring (bicyclic) bond motifs is 1. The lowest BCUT2D eigenvalue weighted by atomic mass is 10.1. The fourth-order valence-electron chi connectivity index (χ4n) is 3.18. The number of hydrogen-bond acceptors (Lipinski definition) is 4. The van der Waals surface area contributed by atoms with Gasteiger partial charge < -0.3 is 19.4 Å². The van der Waals surface area contributed by atoms with Gasteiger partial charge >= 0.3 is 0 Å². The van der Waals surface area contributed by atoms with Gasteiger partial charge in [0.15, 0.2) is 6.61 Å². The molecule has 25 heavy (non-hydrogen) atoms. The topological polar surface area (TPSA) is 70.2 Å². The number of hydrogen-bond donors (Lipinski definition) is 0. The molecule has 1 fully saturated rings. The zero-order valence-corrected chi connectivity index (χ0v) is 14.7. The van der Waals surface area contributed by atoms with E-state index in [4.69, 9.17) is 4.74 Å². The first-order valence-corrected chi connectivity index (χ1v) is 8.61. The second kappa shape index (κ2) is 7.13. The Balaban J connectivity index is 1.75. The van der Waals surface area contributed by atoms with Crippen LogP contribution in [0.15, 0.2) is 18.2 Å². The second-order valence-corrected chi connectivity index (χ2v) is 6.30. The molecule has 2 aliphatic heterocycles. The highest BCUT2D eigenvalue weighted by Crippen LogP contribution is 2.32. The SMILES string of the molecule is CCC(=O)N1CCCN(C(=O)c2ccc3c(c2)N(C)C(=O)CO3)CC1. The minimum atomic E-state index is -0.138. The first-order chi connectivity index (χ1) is 12.0. The number of nitrogens with zero attached hydrogens (tertiary/aromatic N) is 3. The van der Waals surface area contributed by atoms with Crippen molar-refractivity contribution in [2.24, 2.45) is 0 Å². The molecule has 0 atom stereocenters. The highest BCUT2D eigenvalue weighted by Gasteiger charge is 2.26. The van der Waals surface area contributed by atoms with Crippen LogP contribution in [-0.2, 0) is 9.59 Å². The standard InChI is InChI=1S/C18H23N3O4/c1-3-16(22)20-7-4-8-21(10-9-20)18(24)13-5-6-15-14(11-13)19(2)17(23)12-25-15/h5-6,11H,3-4,7-10,12H2,1-2H3. The molecule has 3 amide bonds. The molecule has 0 radical (unpaired) electrons. The van der Waals surface area contributed by atoms with Crippen molar-refractivity contribution in [3.8, 4) is 5.75 Å². The van der Waals surface area contributed by atoms with E-state index < -0.39 is 0 Å². The van der Waals surface area contributed by atoms with Gasteiger partial charge in [-0.2, -0.15) is 0 Å². The monoisotopic (exact) mass is 345 g/mol. The van der Waals surface area contributed by atoms with Gasteiger partial charge in [0.05, 0.1) is 5.69 Å². The van der Waals surface area contributed by atoms with Gasteiger partial charge in [0.25, 0.3) is 11.8 Å². The van der Waals surface area contributed by atoms with Crippen molar-refractivity contribution >= 4 is 23.4 Å². The Hall–Kier alpha value is -2.57. The molecule has 0 spiro atoms. The zero-order valence-electron chi connectivity index (χ0n) is 14.7. The molecular formula is C18H23N3O4. The quantitative estimate of drug-likeness (QED) is 0.806. The maximum absolute atomic E-state index is 12.9. The summed E-state index contributed by atoms with van der Waals surface area (Å²) in [5.74, 6) is 0.509. The molecule has 1 aromatic carbocycles. The van der Waals surface area contributed by atoms with E-state index in [1.807, 2.05) is 11.8 Å². The Morgan fingerprint density at radius 1 is 1.12 bits per heavy atom. The van der Waals surface area contributed by atoms with Crippen LogP contribution < -0.4 is 9.64 Å². The third-order valence-corrected chi connectivity index (χ3v) is 4.73. The van der Waals surface area contributed by atoms with Crippen molar-refractivity contribution in [2.75, 3.05) is 44.7 Å². The number of benzene rings is 1. The van der Waals surface area contributed by atoms with Crippen LogP contribution in [0.2, 0.25) is 0 Å². The Bertz CT molecular complexity index is 704. The minimum absolute atomic E-state index is 0.0181. The molecule has 1 aromatic rings. The fraction of sp³-hybridized carbons (Fsp3) is 0.500. The molecule has 2 heterocycles. The van der Waals surface area contributed by atoms with Gasteiger partial charge in [-0.15, -0.1) is 0 Å². The molecule has 0 aromatic heterocycles. The van der Waals surface area contributed by atoms with E-state index >= 15 is 0 Å². The van der Waals surface area contributed by atoms with E-state index in [-0.39, 0.29) is 24.3 Å². The van der Waals surface area contributed by atoms with E-state index in [9.17, 15) is 14.4 Å². The highest BCUT2D eigenvalue weighted by molar-refractivity contribution is 6.01. The van der Waals surface area contributed by atoms with Crippen LogP contribution in [0.25, 0.3) is 0 Å². The number of rotatable bonds is 2. The number of amides is 3. The summed E-state index contributed by atoms with van der Waals surface area (Å²) in [7, 11) is 1.68. The average molecular weight is 345 g/mol. The van der Waals surface area contributed by atoms with Crippen molar-refractivity contribution in [3.63, 3.8) is 0 Å². The summed E-state index contributed by atoms with van der Waals surface area (Å²) >= 11 is 0. The molecule has 7 nitrogen and oxygen atoms in total. The molecule has 0 N–H and O–H groups in total. The molecule has 1 saturated heterocycles. The normalized spacial score (nSPS) is 17.7. The first-order valence-electron chi connectivity index (χ1n) is 8.61. The Morgan fingerprint density at radius 3 is 2.60 bits per heavy atom. The van der Waals surface area contributed by atoms with Gasteiger partial charge in [-0.1, -0.05) is 6.92 Å². The third kappa shape index (κ3) is 3.45. The smallest absolute Gasteiger partial charge is 0.264 e. The summed E-state index contributed by atoms with van der Waals surface area (Å²) in [5.41, 5.74) is 1.14. The molecule has 7 heteroatoms. The molecule has 2 aliphatic rings. The van der Waals surface area contributed by atoms with Crippen LogP contribution in [0.5, 0.6) is 5.75 Å². The van der Waals surface area contributed by atoms with Gasteiger partial charge in [-0.3, -0.25) is 14.4 Å². The summed E-state index contributed by atoms with van der Waals surface area (Å²) in [4.78, 5) is 41.6. The van der Waals surface area contributed by atoms with E-state index in [1.54, 1.807) is 30.1 Å². The minimum Gasteiger partial charge on any atom is -0.482 e. The maximum Gasteiger partial charge on any atom is 0.264 e. The Morgan fingerprint density at radius 2 is 1.84 bits per heavy atom. The van der Waals surface area contributed by atoms with E-state index in [1.165, 1.54) is 4.90 Å². The summed E-state index contributed by atoms with van der Waals surface area (Å²) in [6.07, 6.45) is 1.25. The number of carbonyl (C=O) groups is 3. The van der Waals surface area contributed by atoms with Crippen molar-refractivity contribution < 1.29 is 19.1 Å². The number of anilines is 1. The Kier molecular flexibility index (Phi) is 4.92. The van der Waals surface area contributed by atoms with Crippen LogP contribution in [0.3, 0.4) is 0 Å². The van der Waals surface area contributed by atoms with E-state index in [0.717, 1.165) is 6.42 Å².